The SMILES string of the molecule is CN(CCOc1ccccc1)C(=O)CCNC(=O)NC1CCCCC1. The van der Waals surface area contributed by atoms with Gasteiger partial charge in [-0.3, -0.25) is 4.79 Å². The standard InChI is InChI=1S/C19H29N3O3/c1-22(14-15-25-17-10-6-3-7-11-17)18(23)12-13-20-19(24)21-16-8-4-2-5-9-16/h3,6-7,10-11,16H,2,4-5,8-9,12-15H2,1H3,(H2,20,21,24). The second-order valence-electron chi connectivity index (χ2n) is 6.46. The molecular weight excluding hydrogens is 318 g/mol. The molecule has 0 aromatic heterocycles. The van der Waals surface area contributed by atoms with E-state index in [9.17, 15) is 9.59 Å². The van der Waals surface area contributed by atoms with Crippen LogP contribution in [-0.2, 0) is 4.79 Å². The van der Waals surface area contributed by atoms with Gasteiger partial charge in [0.2, 0.25) is 5.91 Å². The first-order chi connectivity index (χ1) is 12.1. The van der Waals surface area contributed by atoms with Crippen LogP contribution in [-0.4, -0.2) is 49.6 Å². The molecule has 1 saturated carbocycles. The smallest absolute Gasteiger partial charge is 0.315 e. The van der Waals surface area contributed by atoms with E-state index in [1.165, 1.54) is 19.3 Å². The molecule has 1 aromatic carbocycles. The Labute approximate surface area is 149 Å². The van der Waals surface area contributed by atoms with Crippen molar-refractivity contribution in [2.45, 2.75) is 44.6 Å². The number of para-hydroxylation sites is 1. The Hall–Kier alpha value is -2.24. The number of likely N-dealkylation sites (N-methyl/N-ethyl adjacent to an activating group) is 1. The highest BCUT2D eigenvalue weighted by Crippen LogP contribution is 2.17. The zero-order valence-corrected chi connectivity index (χ0v) is 15.0. The number of hydrogen-bond acceptors (Lipinski definition) is 3. The number of ether oxygens (including phenoxy) is 1. The van der Waals surface area contributed by atoms with Crippen molar-refractivity contribution in [2.24, 2.45) is 0 Å². The molecule has 2 N–H and O–H groups in total. The zero-order chi connectivity index (χ0) is 17.9. The Morgan fingerprint density at radius 3 is 2.60 bits per heavy atom. The Kier molecular flexibility index (Phi) is 8.09. The van der Waals surface area contributed by atoms with E-state index in [4.69, 9.17) is 4.74 Å². The van der Waals surface area contributed by atoms with Crippen LogP contribution < -0.4 is 15.4 Å². The van der Waals surface area contributed by atoms with Gasteiger partial charge in [-0.2, -0.15) is 0 Å². The number of nitrogens with one attached hydrogen (secondary N) is 2. The molecule has 0 spiro atoms. The molecule has 1 aromatic rings. The summed E-state index contributed by atoms with van der Waals surface area (Å²) in [7, 11) is 1.75. The third-order valence-electron chi connectivity index (χ3n) is 4.43. The van der Waals surface area contributed by atoms with Gasteiger partial charge < -0.3 is 20.3 Å². The maximum Gasteiger partial charge on any atom is 0.315 e. The predicted octanol–water partition coefficient (Wildman–Crippen LogP) is 2.55. The summed E-state index contributed by atoms with van der Waals surface area (Å²) in [6, 6.07) is 9.63. The van der Waals surface area contributed by atoms with Gasteiger partial charge in [0.1, 0.15) is 12.4 Å². The number of carbonyl (C=O) groups excluding carboxylic acids is 2. The van der Waals surface area contributed by atoms with Crippen LogP contribution in [0.3, 0.4) is 0 Å². The minimum absolute atomic E-state index is 0.00497. The second kappa shape index (κ2) is 10.6. The van der Waals surface area contributed by atoms with E-state index in [2.05, 4.69) is 10.6 Å². The Morgan fingerprint density at radius 2 is 1.88 bits per heavy atom. The van der Waals surface area contributed by atoms with Crippen LogP contribution in [0.5, 0.6) is 5.75 Å². The van der Waals surface area contributed by atoms with Crippen LogP contribution in [0, 0.1) is 0 Å². The zero-order valence-electron chi connectivity index (χ0n) is 15.0. The number of carbonyl (C=O) groups is 2. The first-order valence-corrected chi connectivity index (χ1v) is 9.11. The number of nitrogens with zero attached hydrogens (tertiary/aromatic N) is 1. The van der Waals surface area contributed by atoms with E-state index >= 15 is 0 Å². The molecule has 2 rings (SSSR count). The first-order valence-electron chi connectivity index (χ1n) is 9.11. The van der Waals surface area contributed by atoms with E-state index in [0.29, 0.717) is 26.1 Å². The summed E-state index contributed by atoms with van der Waals surface area (Å²) in [5.41, 5.74) is 0. The average Bonchev–Trinajstić information content (AvgIpc) is 2.63. The van der Waals surface area contributed by atoms with E-state index in [-0.39, 0.29) is 18.0 Å². The van der Waals surface area contributed by atoms with Crippen molar-refractivity contribution >= 4 is 11.9 Å². The fourth-order valence-corrected chi connectivity index (χ4v) is 2.90. The molecule has 0 bridgehead atoms. The lowest BCUT2D eigenvalue weighted by atomic mass is 9.96. The van der Waals surface area contributed by atoms with Crippen LogP contribution in [0.4, 0.5) is 4.79 Å². The van der Waals surface area contributed by atoms with Crippen molar-refractivity contribution in [1.29, 1.82) is 0 Å². The second-order valence-corrected chi connectivity index (χ2v) is 6.46. The van der Waals surface area contributed by atoms with Crippen LogP contribution in [0.25, 0.3) is 0 Å². The van der Waals surface area contributed by atoms with Gasteiger partial charge in [-0.15, -0.1) is 0 Å². The molecule has 0 atom stereocenters. The van der Waals surface area contributed by atoms with Crippen LogP contribution >= 0.6 is 0 Å². The van der Waals surface area contributed by atoms with Gasteiger partial charge in [0, 0.05) is 26.1 Å². The average molecular weight is 347 g/mol. The quantitative estimate of drug-likeness (QED) is 0.759. The summed E-state index contributed by atoms with van der Waals surface area (Å²) in [6.07, 6.45) is 6.01. The molecule has 1 aliphatic rings. The number of benzene rings is 1. The molecule has 1 fully saturated rings. The lowest BCUT2D eigenvalue weighted by molar-refractivity contribution is -0.130. The van der Waals surface area contributed by atoms with E-state index < -0.39 is 0 Å². The van der Waals surface area contributed by atoms with Gasteiger partial charge in [-0.1, -0.05) is 37.5 Å². The van der Waals surface area contributed by atoms with E-state index in [1.54, 1.807) is 11.9 Å². The minimum Gasteiger partial charge on any atom is -0.492 e. The highest BCUT2D eigenvalue weighted by molar-refractivity contribution is 5.78. The maximum absolute atomic E-state index is 12.1. The molecule has 0 saturated heterocycles. The molecule has 0 heterocycles. The third-order valence-corrected chi connectivity index (χ3v) is 4.43. The van der Waals surface area contributed by atoms with Crippen molar-refractivity contribution in [1.82, 2.24) is 15.5 Å². The lowest BCUT2D eigenvalue weighted by Gasteiger charge is -2.23. The highest BCUT2D eigenvalue weighted by Gasteiger charge is 2.15. The summed E-state index contributed by atoms with van der Waals surface area (Å²) >= 11 is 0. The van der Waals surface area contributed by atoms with Gasteiger partial charge in [-0.25, -0.2) is 4.79 Å². The van der Waals surface area contributed by atoms with E-state index in [1.807, 2.05) is 30.3 Å². The molecule has 6 heteroatoms. The first kappa shape index (κ1) is 19.1. The Morgan fingerprint density at radius 1 is 1.16 bits per heavy atom. The minimum atomic E-state index is -0.172. The number of urea groups is 1. The summed E-state index contributed by atoms with van der Waals surface area (Å²) in [5.74, 6) is 0.791. The lowest BCUT2D eigenvalue weighted by Crippen LogP contribution is -2.44. The van der Waals surface area contributed by atoms with E-state index in [0.717, 1.165) is 18.6 Å². The summed E-state index contributed by atoms with van der Waals surface area (Å²) < 4.78 is 5.58. The topological polar surface area (TPSA) is 70.7 Å². The maximum atomic E-state index is 12.1. The molecule has 3 amide bonds. The van der Waals surface area contributed by atoms with Gasteiger partial charge in [0.05, 0.1) is 6.54 Å². The highest BCUT2D eigenvalue weighted by atomic mass is 16.5. The molecule has 25 heavy (non-hydrogen) atoms. The molecule has 6 nitrogen and oxygen atoms in total. The number of rotatable bonds is 8. The van der Waals surface area contributed by atoms with Gasteiger partial charge in [-0.05, 0) is 25.0 Å². The molecule has 0 aliphatic heterocycles. The molecule has 0 radical (unpaired) electrons. The Bertz CT molecular complexity index is 530. The van der Waals surface area contributed by atoms with Crippen molar-refractivity contribution < 1.29 is 14.3 Å². The Balaban J connectivity index is 1.55. The van der Waals surface area contributed by atoms with Crippen LogP contribution in [0.15, 0.2) is 30.3 Å². The summed E-state index contributed by atoms with van der Waals surface area (Å²) in [5, 5.41) is 5.75. The van der Waals surface area contributed by atoms with Gasteiger partial charge in [0.15, 0.2) is 0 Å². The normalized spacial score (nSPS) is 14.6. The van der Waals surface area contributed by atoms with Crippen LogP contribution in [0.2, 0.25) is 0 Å². The molecular formula is C19H29N3O3. The third kappa shape index (κ3) is 7.45. The van der Waals surface area contributed by atoms with Crippen molar-refractivity contribution in [3.63, 3.8) is 0 Å². The molecule has 1 aliphatic carbocycles. The largest absolute Gasteiger partial charge is 0.492 e. The van der Waals surface area contributed by atoms with Crippen molar-refractivity contribution in [2.75, 3.05) is 26.7 Å². The van der Waals surface area contributed by atoms with Crippen molar-refractivity contribution in [3.05, 3.63) is 30.3 Å². The monoisotopic (exact) mass is 347 g/mol. The molecule has 138 valence electrons. The van der Waals surface area contributed by atoms with Gasteiger partial charge in [0.25, 0.3) is 0 Å². The van der Waals surface area contributed by atoms with Crippen molar-refractivity contribution in [3.8, 4) is 5.75 Å². The fraction of sp³-hybridized carbons (Fsp3) is 0.579. The summed E-state index contributed by atoms with van der Waals surface area (Å²) in [6.45, 7) is 1.31. The predicted molar refractivity (Wildman–Crippen MR) is 97.6 cm³/mol. The summed E-state index contributed by atoms with van der Waals surface area (Å²) in [4.78, 5) is 25.5. The fourth-order valence-electron chi connectivity index (χ4n) is 2.90. The number of hydrogen-bond donors (Lipinski definition) is 2. The van der Waals surface area contributed by atoms with Gasteiger partial charge >= 0.3 is 6.03 Å². The molecule has 0 unspecified atom stereocenters. The number of amides is 3. The van der Waals surface area contributed by atoms with Crippen LogP contribution in [0.1, 0.15) is 38.5 Å².